The molecule has 22 heavy (non-hydrogen) atoms. The van der Waals surface area contributed by atoms with Crippen LogP contribution in [0.25, 0.3) is 0 Å². The summed E-state index contributed by atoms with van der Waals surface area (Å²) in [7, 11) is -3.54. The van der Waals surface area contributed by atoms with Gasteiger partial charge in [0.1, 0.15) is 4.21 Å². The van der Waals surface area contributed by atoms with Crippen LogP contribution in [0.1, 0.15) is 0 Å². The molecule has 0 saturated heterocycles. The number of nitrogens with one attached hydrogen (secondary N) is 2. The van der Waals surface area contributed by atoms with Crippen molar-refractivity contribution < 1.29 is 13.3 Å². The van der Waals surface area contributed by atoms with Gasteiger partial charge in [-0.25, -0.2) is 18.1 Å². The molecule has 8 nitrogen and oxygen atoms in total. The van der Waals surface area contributed by atoms with Crippen LogP contribution in [-0.4, -0.2) is 31.4 Å². The summed E-state index contributed by atoms with van der Waals surface area (Å²) < 4.78 is 26.8. The molecule has 118 valence electrons. The molecular weight excluding hydrogens is 396 g/mol. The van der Waals surface area contributed by atoms with Crippen LogP contribution in [-0.2, 0) is 10.0 Å². The molecule has 0 aliphatic heterocycles. The minimum absolute atomic E-state index is 0.0785. The molecular formula is C11H11BrN4O4S2. The van der Waals surface area contributed by atoms with E-state index in [9.17, 15) is 18.5 Å². The molecule has 0 bridgehead atoms. The zero-order valence-electron chi connectivity index (χ0n) is 11.0. The Labute approximate surface area is 138 Å². The lowest BCUT2D eigenvalue weighted by Crippen LogP contribution is -2.28. The molecule has 0 aliphatic carbocycles. The molecule has 0 saturated carbocycles. The number of anilines is 1. The van der Waals surface area contributed by atoms with Crippen molar-refractivity contribution in [1.82, 2.24) is 9.71 Å². The van der Waals surface area contributed by atoms with Crippen LogP contribution in [0, 0.1) is 10.1 Å². The third-order valence-electron chi connectivity index (χ3n) is 2.50. The zero-order valence-corrected chi connectivity index (χ0v) is 14.2. The summed E-state index contributed by atoms with van der Waals surface area (Å²) in [5.74, 6) is 0.0866. The van der Waals surface area contributed by atoms with Crippen molar-refractivity contribution in [3.05, 3.63) is 44.4 Å². The van der Waals surface area contributed by atoms with Gasteiger partial charge < -0.3 is 5.32 Å². The summed E-state index contributed by atoms with van der Waals surface area (Å²) in [6, 6.07) is 4.47. The van der Waals surface area contributed by atoms with E-state index in [0.717, 1.165) is 11.3 Å². The van der Waals surface area contributed by atoms with E-state index in [0.29, 0.717) is 4.47 Å². The van der Waals surface area contributed by atoms with Crippen LogP contribution in [0.15, 0.2) is 38.5 Å². The predicted octanol–water partition coefficient (Wildman–Crippen LogP) is 2.20. The number of aromatic nitrogens is 1. The van der Waals surface area contributed by atoms with E-state index < -0.39 is 14.9 Å². The predicted molar refractivity (Wildman–Crippen MR) is 86.6 cm³/mol. The molecule has 0 spiro atoms. The minimum Gasteiger partial charge on any atom is -0.363 e. The quantitative estimate of drug-likeness (QED) is 0.413. The van der Waals surface area contributed by atoms with Gasteiger partial charge in [-0.15, -0.1) is 11.3 Å². The maximum absolute atomic E-state index is 11.9. The number of pyridine rings is 1. The highest BCUT2D eigenvalue weighted by Crippen LogP contribution is 2.24. The Morgan fingerprint density at radius 3 is 2.82 bits per heavy atom. The highest BCUT2D eigenvalue weighted by Gasteiger charge is 2.17. The lowest BCUT2D eigenvalue weighted by molar-refractivity contribution is -0.384. The number of hydrogen-bond acceptors (Lipinski definition) is 7. The Morgan fingerprint density at radius 2 is 2.18 bits per heavy atom. The van der Waals surface area contributed by atoms with Gasteiger partial charge >= 0.3 is 5.69 Å². The molecule has 0 radical (unpaired) electrons. The maximum atomic E-state index is 11.9. The Hall–Kier alpha value is -1.56. The van der Waals surface area contributed by atoms with Crippen molar-refractivity contribution in [1.29, 1.82) is 0 Å². The third kappa shape index (κ3) is 4.22. The van der Waals surface area contributed by atoms with Crippen molar-refractivity contribution in [2.24, 2.45) is 0 Å². The van der Waals surface area contributed by atoms with Gasteiger partial charge in [-0.3, -0.25) is 10.1 Å². The van der Waals surface area contributed by atoms with Gasteiger partial charge in [-0.2, -0.15) is 0 Å². The van der Waals surface area contributed by atoms with Crippen molar-refractivity contribution in [3.63, 3.8) is 0 Å². The summed E-state index contributed by atoms with van der Waals surface area (Å²) in [4.78, 5) is 14.3. The van der Waals surface area contributed by atoms with Crippen LogP contribution in [0.4, 0.5) is 11.5 Å². The summed E-state index contributed by atoms with van der Waals surface area (Å²) in [6.07, 6.45) is 1.42. The average Bonchev–Trinajstić information content (AvgIpc) is 2.99. The number of rotatable bonds is 7. The normalized spacial score (nSPS) is 11.3. The molecule has 0 aromatic carbocycles. The molecule has 0 fully saturated rings. The van der Waals surface area contributed by atoms with Crippen molar-refractivity contribution >= 4 is 48.8 Å². The summed E-state index contributed by atoms with van der Waals surface area (Å²) in [5, 5.41) is 15.3. The van der Waals surface area contributed by atoms with Gasteiger partial charge in [0, 0.05) is 29.8 Å². The topological polar surface area (TPSA) is 114 Å². The van der Waals surface area contributed by atoms with Crippen LogP contribution in [0.5, 0.6) is 0 Å². The molecule has 2 aromatic heterocycles. The van der Waals surface area contributed by atoms with E-state index in [1.54, 1.807) is 11.4 Å². The smallest absolute Gasteiger partial charge is 0.312 e. The standard InChI is InChI=1S/C11H11BrN4O4S2/c12-8-6-9(16(17)18)11(14-7-8)13-3-4-15-22(19,20)10-2-1-5-21-10/h1-2,5-7,15H,3-4H2,(H,13,14). The van der Waals surface area contributed by atoms with Gasteiger partial charge in [-0.05, 0) is 27.4 Å². The van der Waals surface area contributed by atoms with Crippen LogP contribution < -0.4 is 10.0 Å². The van der Waals surface area contributed by atoms with E-state index in [1.807, 2.05) is 0 Å². The number of nitrogens with zero attached hydrogens (tertiary/aromatic N) is 2. The Balaban J connectivity index is 1.94. The highest BCUT2D eigenvalue weighted by molar-refractivity contribution is 9.10. The first-order valence-corrected chi connectivity index (χ1v) is 9.13. The number of halogens is 1. The van der Waals surface area contributed by atoms with E-state index in [1.165, 1.54) is 18.3 Å². The molecule has 2 N–H and O–H groups in total. The van der Waals surface area contributed by atoms with Crippen LogP contribution >= 0.6 is 27.3 Å². The SMILES string of the molecule is O=[N+]([O-])c1cc(Br)cnc1NCCNS(=O)(=O)c1cccs1. The van der Waals surface area contributed by atoms with E-state index in [-0.39, 0.29) is 28.8 Å². The van der Waals surface area contributed by atoms with Crippen LogP contribution in [0.3, 0.4) is 0 Å². The highest BCUT2D eigenvalue weighted by atomic mass is 79.9. The zero-order chi connectivity index (χ0) is 16.2. The van der Waals surface area contributed by atoms with Gasteiger partial charge in [0.25, 0.3) is 0 Å². The van der Waals surface area contributed by atoms with Gasteiger partial charge in [0.15, 0.2) is 0 Å². The van der Waals surface area contributed by atoms with Crippen LogP contribution in [0.2, 0.25) is 0 Å². The second-order valence-corrected chi connectivity index (χ2v) is 7.89. The lowest BCUT2D eigenvalue weighted by Gasteiger charge is -2.07. The Bertz CT molecular complexity index is 764. The number of sulfonamides is 1. The molecule has 0 atom stereocenters. The van der Waals surface area contributed by atoms with E-state index >= 15 is 0 Å². The number of thiophene rings is 1. The Morgan fingerprint density at radius 1 is 1.41 bits per heavy atom. The average molecular weight is 407 g/mol. The van der Waals surface area contributed by atoms with Crippen molar-refractivity contribution in [3.8, 4) is 0 Å². The summed E-state index contributed by atoms with van der Waals surface area (Å²) >= 11 is 4.22. The molecule has 0 aliphatic rings. The minimum atomic E-state index is -3.54. The van der Waals surface area contributed by atoms with E-state index in [4.69, 9.17) is 0 Å². The maximum Gasteiger partial charge on any atom is 0.312 e. The monoisotopic (exact) mass is 406 g/mol. The fourth-order valence-electron chi connectivity index (χ4n) is 1.56. The number of hydrogen-bond donors (Lipinski definition) is 2. The first-order chi connectivity index (χ1) is 10.4. The van der Waals surface area contributed by atoms with Gasteiger partial charge in [-0.1, -0.05) is 6.07 Å². The van der Waals surface area contributed by atoms with Crippen molar-refractivity contribution in [2.75, 3.05) is 18.4 Å². The second-order valence-electron chi connectivity index (χ2n) is 4.04. The fraction of sp³-hybridized carbons (Fsp3) is 0.182. The summed E-state index contributed by atoms with van der Waals surface area (Å²) in [5.41, 5.74) is -0.185. The lowest BCUT2D eigenvalue weighted by atomic mass is 10.4. The Kier molecular flexibility index (Phi) is 5.45. The molecule has 2 heterocycles. The fourth-order valence-corrected chi connectivity index (χ4v) is 3.95. The number of nitro groups is 1. The van der Waals surface area contributed by atoms with Crippen molar-refractivity contribution in [2.45, 2.75) is 4.21 Å². The molecule has 0 amide bonds. The molecule has 11 heteroatoms. The molecule has 2 aromatic rings. The summed E-state index contributed by atoms with van der Waals surface area (Å²) in [6.45, 7) is 0.245. The largest absolute Gasteiger partial charge is 0.363 e. The third-order valence-corrected chi connectivity index (χ3v) is 5.79. The van der Waals surface area contributed by atoms with Gasteiger partial charge in [0.2, 0.25) is 15.8 Å². The van der Waals surface area contributed by atoms with E-state index in [2.05, 4.69) is 31.0 Å². The first kappa shape index (κ1) is 16.8. The first-order valence-electron chi connectivity index (χ1n) is 5.97. The van der Waals surface area contributed by atoms with Gasteiger partial charge in [0.05, 0.1) is 4.92 Å². The molecule has 0 unspecified atom stereocenters. The molecule has 2 rings (SSSR count). The second kappa shape index (κ2) is 7.13.